The fraction of sp³-hybridized carbons (Fsp3) is 0.179. The van der Waals surface area contributed by atoms with Crippen molar-refractivity contribution >= 4 is 33.9 Å². The molecule has 0 aliphatic heterocycles. The number of nitrogens with two attached hydrogens (primary N) is 1. The van der Waals surface area contributed by atoms with Gasteiger partial charge in [-0.05, 0) is 42.3 Å². The first-order valence-electron chi connectivity index (χ1n) is 11.7. The minimum absolute atomic E-state index is 0.201. The first-order valence-corrected chi connectivity index (χ1v) is 11.7. The Bertz CT molecular complexity index is 1610. The SMILES string of the molecule is COc1ccc(OC)c(-n2c(N)c(C(=O)NCCc3ccccc3OC)c3nc4ccccc4nc32)c1. The summed E-state index contributed by atoms with van der Waals surface area (Å²) >= 11 is 0. The highest BCUT2D eigenvalue weighted by atomic mass is 16.5. The van der Waals surface area contributed by atoms with Gasteiger partial charge in [-0.3, -0.25) is 9.36 Å². The lowest BCUT2D eigenvalue weighted by Crippen LogP contribution is -2.26. The van der Waals surface area contributed by atoms with Crippen LogP contribution in [0.25, 0.3) is 27.9 Å². The molecule has 0 fully saturated rings. The van der Waals surface area contributed by atoms with Crippen LogP contribution in [0, 0.1) is 0 Å². The number of ether oxygens (including phenoxy) is 3. The van der Waals surface area contributed by atoms with Crippen molar-refractivity contribution in [3.05, 3.63) is 77.9 Å². The van der Waals surface area contributed by atoms with Gasteiger partial charge in [-0.2, -0.15) is 0 Å². The molecule has 0 spiro atoms. The zero-order valence-electron chi connectivity index (χ0n) is 20.8. The average molecular weight is 498 g/mol. The van der Waals surface area contributed by atoms with Gasteiger partial charge in [-0.15, -0.1) is 0 Å². The molecule has 5 aromatic rings. The number of hydrogen-bond acceptors (Lipinski definition) is 7. The number of aromatic nitrogens is 3. The zero-order valence-corrected chi connectivity index (χ0v) is 20.8. The number of carbonyl (C=O) groups excluding carboxylic acids is 1. The number of nitrogens with zero attached hydrogens (tertiary/aromatic N) is 3. The Morgan fingerprint density at radius 3 is 2.32 bits per heavy atom. The summed E-state index contributed by atoms with van der Waals surface area (Å²) in [4.78, 5) is 23.1. The first-order chi connectivity index (χ1) is 18.0. The molecular weight excluding hydrogens is 470 g/mol. The number of nitrogens with one attached hydrogen (secondary N) is 1. The molecular formula is C28H27N5O4. The molecule has 0 atom stereocenters. The Morgan fingerprint density at radius 1 is 0.892 bits per heavy atom. The molecule has 1 amide bonds. The van der Waals surface area contributed by atoms with E-state index in [1.54, 1.807) is 44.1 Å². The number of methoxy groups -OCH3 is 3. The Balaban J connectivity index is 1.61. The number of benzene rings is 3. The monoisotopic (exact) mass is 497 g/mol. The predicted octanol–water partition coefficient (Wildman–Crippen LogP) is 4.15. The van der Waals surface area contributed by atoms with E-state index in [0.29, 0.717) is 52.3 Å². The van der Waals surface area contributed by atoms with Crippen LogP contribution in [0.1, 0.15) is 15.9 Å². The number of nitrogen functional groups attached to an aromatic ring is 1. The van der Waals surface area contributed by atoms with Crippen LogP contribution < -0.4 is 25.3 Å². The number of para-hydroxylation sites is 3. The number of fused-ring (bicyclic) bond motifs is 2. The molecule has 9 heteroatoms. The molecule has 0 bridgehead atoms. The molecule has 37 heavy (non-hydrogen) atoms. The molecule has 2 aromatic heterocycles. The van der Waals surface area contributed by atoms with Crippen LogP contribution in [0.2, 0.25) is 0 Å². The van der Waals surface area contributed by atoms with Gasteiger partial charge in [-0.25, -0.2) is 9.97 Å². The van der Waals surface area contributed by atoms with E-state index in [9.17, 15) is 4.79 Å². The topological polar surface area (TPSA) is 114 Å². The zero-order chi connectivity index (χ0) is 25.9. The molecule has 0 saturated heterocycles. The minimum Gasteiger partial charge on any atom is -0.497 e. The standard InChI is InChI=1S/C28H27N5O4/c1-35-18-12-13-23(37-3)21(16-18)33-26(29)24(25-27(33)32-20-10-6-5-9-19(20)31-25)28(34)30-15-14-17-8-4-7-11-22(17)36-2/h4-13,16H,14-15,29H2,1-3H3,(H,30,34). The molecule has 0 radical (unpaired) electrons. The highest BCUT2D eigenvalue weighted by Gasteiger charge is 2.26. The summed E-state index contributed by atoms with van der Waals surface area (Å²) in [5.74, 6) is 1.78. The summed E-state index contributed by atoms with van der Waals surface area (Å²) in [7, 11) is 4.78. The third kappa shape index (κ3) is 4.35. The largest absolute Gasteiger partial charge is 0.497 e. The molecule has 3 aromatic carbocycles. The second-order valence-corrected chi connectivity index (χ2v) is 8.34. The highest BCUT2D eigenvalue weighted by Crippen LogP contribution is 2.36. The van der Waals surface area contributed by atoms with Gasteiger partial charge < -0.3 is 25.3 Å². The van der Waals surface area contributed by atoms with Gasteiger partial charge in [-0.1, -0.05) is 30.3 Å². The molecule has 0 saturated carbocycles. The van der Waals surface area contributed by atoms with Gasteiger partial charge in [0.2, 0.25) is 0 Å². The number of amides is 1. The Morgan fingerprint density at radius 2 is 1.59 bits per heavy atom. The van der Waals surface area contributed by atoms with E-state index in [4.69, 9.17) is 29.9 Å². The van der Waals surface area contributed by atoms with Crippen LogP contribution in [0.4, 0.5) is 5.82 Å². The molecule has 3 N–H and O–H groups in total. The van der Waals surface area contributed by atoms with Crippen molar-refractivity contribution in [2.45, 2.75) is 6.42 Å². The number of rotatable bonds is 8. The summed E-state index contributed by atoms with van der Waals surface area (Å²) in [5.41, 5.74) is 10.7. The van der Waals surface area contributed by atoms with Crippen molar-refractivity contribution in [3.63, 3.8) is 0 Å². The lowest BCUT2D eigenvalue weighted by Gasteiger charge is -2.14. The Kier molecular flexibility index (Phi) is 6.51. The Labute approximate surface area is 213 Å². The van der Waals surface area contributed by atoms with Crippen molar-refractivity contribution in [2.75, 3.05) is 33.6 Å². The maximum Gasteiger partial charge on any atom is 0.257 e. The molecule has 9 nitrogen and oxygen atoms in total. The van der Waals surface area contributed by atoms with Gasteiger partial charge in [0.15, 0.2) is 5.65 Å². The molecule has 0 aliphatic rings. The van der Waals surface area contributed by atoms with Crippen LogP contribution >= 0.6 is 0 Å². The molecule has 2 heterocycles. The fourth-order valence-corrected chi connectivity index (χ4v) is 4.41. The number of hydrogen-bond donors (Lipinski definition) is 2. The van der Waals surface area contributed by atoms with Crippen LogP contribution in [0.3, 0.4) is 0 Å². The van der Waals surface area contributed by atoms with E-state index in [1.165, 1.54) is 0 Å². The quantitative estimate of drug-likeness (QED) is 0.331. The third-order valence-electron chi connectivity index (χ3n) is 6.22. The van der Waals surface area contributed by atoms with Crippen molar-refractivity contribution in [3.8, 4) is 22.9 Å². The van der Waals surface area contributed by atoms with E-state index in [2.05, 4.69) is 5.32 Å². The van der Waals surface area contributed by atoms with Crippen molar-refractivity contribution < 1.29 is 19.0 Å². The average Bonchev–Trinajstić information content (AvgIpc) is 3.21. The van der Waals surface area contributed by atoms with Gasteiger partial charge >= 0.3 is 0 Å². The van der Waals surface area contributed by atoms with E-state index < -0.39 is 0 Å². The second-order valence-electron chi connectivity index (χ2n) is 8.34. The number of carbonyl (C=O) groups is 1. The molecule has 5 rings (SSSR count). The molecule has 188 valence electrons. The van der Waals surface area contributed by atoms with Crippen molar-refractivity contribution in [1.29, 1.82) is 0 Å². The van der Waals surface area contributed by atoms with E-state index in [-0.39, 0.29) is 17.3 Å². The molecule has 0 unspecified atom stereocenters. The van der Waals surface area contributed by atoms with Gasteiger partial charge in [0.05, 0.1) is 38.1 Å². The van der Waals surface area contributed by atoms with Gasteiger partial charge in [0.1, 0.15) is 34.1 Å². The van der Waals surface area contributed by atoms with Crippen molar-refractivity contribution in [2.24, 2.45) is 0 Å². The van der Waals surface area contributed by atoms with Crippen LogP contribution in [-0.2, 0) is 6.42 Å². The highest BCUT2D eigenvalue weighted by molar-refractivity contribution is 6.11. The maximum atomic E-state index is 13.5. The van der Waals surface area contributed by atoms with Gasteiger partial charge in [0.25, 0.3) is 5.91 Å². The minimum atomic E-state index is -0.345. The summed E-state index contributed by atoms with van der Waals surface area (Å²) in [6.45, 7) is 0.384. The van der Waals surface area contributed by atoms with Crippen LogP contribution in [-0.4, -0.2) is 48.3 Å². The summed E-state index contributed by atoms with van der Waals surface area (Å²) in [5, 5.41) is 2.98. The summed E-state index contributed by atoms with van der Waals surface area (Å²) < 4.78 is 18.1. The lowest BCUT2D eigenvalue weighted by atomic mass is 10.1. The number of anilines is 1. The van der Waals surface area contributed by atoms with E-state index in [0.717, 1.165) is 11.3 Å². The maximum absolute atomic E-state index is 13.5. The van der Waals surface area contributed by atoms with Crippen LogP contribution in [0.15, 0.2) is 66.7 Å². The predicted molar refractivity (Wildman–Crippen MR) is 143 cm³/mol. The Hall–Kier alpha value is -4.79. The van der Waals surface area contributed by atoms with Gasteiger partial charge in [0, 0.05) is 12.6 Å². The van der Waals surface area contributed by atoms with Crippen molar-refractivity contribution in [1.82, 2.24) is 19.9 Å². The normalized spacial score (nSPS) is 11.0. The van der Waals surface area contributed by atoms with Crippen LogP contribution in [0.5, 0.6) is 17.2 Å². The third-order valence-corrected chi connectivity index (χ3v) is 6.22. The van der Waals surface area contributed by atoms with E-state index in [1.807, 2.05) is 48.5 Å². The summed E-state index contributed by atoms with van der Waals surface area (Å²) in [6, 6.07) is 20.5. The first kappa shape index (κ1) is 23.9. The second kappa shape index (κ2) is 10.1. The fourth-order valence-electron chi connectivity index (χ4n) is 4.41. The smallest absolute Gasteiger partial charge is 0.257 e. The summed E-state index contributed by atoms with van der Waals surface area (Å²) in [6.07, 6.45) is 0.590. The molecule has 0 aliphatic carbocycles. The lowest BCUT2D eigenvalue weighted by molar-refractivity contribution is 0.0956. The van der Waals surface area contributed by atoms with E-state index >= 15 is 0 Å².